The molecule has 0 spiro atoms. The number of aryl methyl sites for hydroxylation is 1. The highest BCUT2D eigenvalue weighted by Crippen LogP contribution is 2.29. The van der Waals surface area contributed by atoms with Crippen LogP contribution in [0.15, 0.2) is 33.3 Å². The standard InChI is InChI=1S/C18H19NO7/c1-4-23-17(21)14-11(3)26-16(15(14)18(22)24-5-2)19-13(20)9-8-12-7-6-10-25-12/h6-10H,4-5H2,1-3H3,(H,19,20)/b9-8+. The highest BCUT2D eigenvalue weighted by molar-refractivity contribution is 6.10. The van der Waals surface area contributed by atoms with Crippen molar-refractivity contribution < 1.29 is 32.7 Å². The zero-order valence-electron chi connectivity index (χ0n) is 14.7. The van der Waals surface area contributed by atoms with Crippen molar-refractivity contribution in [2.45, 2.75) is 20.8 Å². The molecular formula is C18H19NO7. The molecular weight excluding hydrogens is 342 g/mol. The summed E-state index contributed by atoms with van der Waals surface area (Å²) in [6.07, 6.45) is 4.12. The summed E-state index contributed by atoms with van der Waals surface area (Å²) in [6, 6.07) is 3.35. The Bertz CT molecular complexity index is 815. The van der Waals surface area contributed by atoms with Crippen molar-refractivity contribution in [3.05, 3.63) is 47.1 Å². The molecule has 2 rings (SSSR count). The lowest BCUT2D eigenvalue weighted by Gasteiger charge is -2.05. The molecule has 0 unspecified atom stereocenters. The molecule has 8 nitrogen and oxygen atoms in total. The highest BCUT2D eigenvalue weighted by Gasteiger charge is 2.31. The zero-order valence-corrected chi connectivity index (χ0v) is 14.7. The molecule has 8 heteroatoms. The van der Waals surface area contributed by atoms with Crippen LogP contribution in [0, 0.1) is 6.92 Å². The van der Waals surface area contributed by atoms with Crippen molar-refractivity contribution in [1.82, 2.24) is 0 Å². The Morgan fingerprint density at radius 2 is 1.77 bits per heavy atom. The summed E-state index contributed by atoms with van der Waals surface area (Å²) in [5.74, 6) is -1.67. The second kappa shape index (κ2) is 8.70. The average molecular weight is 361 g/mol. The molecule has 0 radical (unpaired) electrons. The first-order valence-electron chi connectivity index (χ1n) is 7.98. The number of anilines is 1. The number of rotatable bonds is 7. The van der Waals surface area contributed by atoms with E-state index in [2.05, 4.69) is 5.32 Å². The van der Waals surface area contributed by atoms with Crippen LogP contribution in [0.3, 0.4) is 0 Å². The van der Waals surface area contributed by atoms with Crippen LogP contribution >= 0.6 is 0 Å². The number of hydrogen-bond donors (Lipinski definition) is 1. The van der Waals surface area contributed by atoms with E-state index in [0.29, 0.717) is 5.76 Å². The number of esters is 2. The number of carbonyl (C=O) groups excluding carboxylic acids is 3. The quantitative estimate of drug-likeness (QED) is 0.596. The molecule has 1 N–H and O–H groups in total. The molecule has 2 aromatic heterocycles. The van der Waals surface area contributed by atoms with E-state index in [4.69, 9.17) is 18.3 Å². The van der Waals surface area contributed by atoms with Crippen LogP contribution in [0.1, 0.15) is 46.1 Å². The molecule has 0 aromatic carbocycles. The van der Waals surface area contributed by atoms with E-state index in [0.717, 1.165) is 0 Å². The Labute approximate surface area is 149 Å². The van der Waals surface area contributed by atoms with Gasteiger partial charge in [-0.15, -0.1) is 0 Å². The number of ether oxygens (including phenoxy) is 2. The summed E-state index contributed by atoms with van der Waals surface area (Å²) >= 11 is 0. The number of amides is 1. The topological polar surface area (TPSA) is 108 Å². The van der Waals surface area contributed by atoms with Crippen molar-refractivity contribution in [1.29, 1.82) is 0 Å². The van der Waals surface area contributed by atoms with Gasteiger partial charge in [0, 0.05) is 6.08 Å². The molecule has 0 bridgehead atoms. The molecule has 138 valence electrons. The van der Waals surface area contributed by atoms with Crippen LogP contribution in [0.25, 0.3) is 6.08 Å². The molecule has 0 saturated heterocycles. The van der Waals surface area contributed by atoms with Gasteiger partial charge < -0.3 is 18.3 Å². The summed E-state index contributed by atoms with van der Waals surface area (Å²) < 4.78 is 20.4. The van der Waals surface area contributed by atoms with Gasteiger partial charge >= 0.3 is 11.9 Å². The van der Waals surface area contributed by atoms with Gasteiger partial charge in [-0.3, -0.25) is 10.1 Å². The minimum atomic E-state index is -0.794. The lowest BCUT2D eigenvalue weighted by atomic mass is 10.1. The minimum Gasteiger partial charge on any atom is -0.465 e. The highest BCUT2D eigenvalue weighted by atomic mass is 16.5. The van der Waals surface area contributed by atoms with E-state index < -0.39 is 17.8 Å². The van der Waals surface area contributed by atoms with Gasteiger partial charge in [0.15, 0.2) is 0 Å². The van der Waals surface area contributed by atoms with E-state index in [1.807, 2.05) is 0 Å². The van der Waals surface area contributed by atoms with Crippen LogP contribution in [0.5, 0.6) is 0 Å². The van der Waals surface area contributed by atoms with Crippen molar-refractivity contribution in [2.75, 3.05) is 18.5 Å². The first-order chi connectivity index (χ1) is 12.5. The molecule has 0 aliphatic carbocycles. The van der Waals surface area contributed by atoms with Gasteiger partial charge in [-0.05, 0) is 39.0 Å². The number of furan rings is 2. The fourth-order valence-corrected chi connectivity index (χ4v) is 2.18. The molecule has 0 atom stereocenters. The van der Waals surface area contributed by atoms with Crippen molar-refractivity contribution in [2.24, 2.45) is 0 Å². The normalized spacial score (nSPS) is 10.7. The second-order valence-corrected chi connectivity index (χ2v) is 5.02. The van der Waals surface area contributed by atoms with Crippen LogP contribution in [0.4, 0.5) is 5.88 Å². The van der Waals surface area contributed by atoms with Gasteiger partial charge in [-0.1, -0.05) is 0 Å². The van der Waals surface area contributed by atoms with Crippen LogP contribution in [-0.4, -0.2) is 31.1 Å². The Kier molecular flexibility index (Phi) is 6.37. The summed E-state index contributed by atoms with van der Waals surface area (Å²) in [5.41, 5.74) is -0.252. The van der Waals surface area contributed by atoms with Crippen LogP contribution in [0.2, 0.25) is 0 Å². The lowest BCUT2D eigenvalue weighted by Crippen LogP contribution is -2.16. The maximum atomic E-state index is 12.3. The summed E-state index contributed by atoms with van der Waals surface area (Å²) in [6.45, 7) is 4.97. The Morgan fingerprint density at radius 3 is 2.35 bits per heavy atom. The smallest absolute Gasteiger partial charge is 0.344 e. The molecule has 1 amide bonds. The SMILES string of the molecule is CCOC(=O)c1c(C)oc(NC(=O)/C=C/c2ccco2)c1C(=O)OCC. The summed E-state index contributed by atoms with van der Waals surface area (Å²) in [7, 11) is 0. The first kappa shape index (κ1) is 19.0. The maximum absolute atomic E-state index is 12.3. The van der Waals surface area contributed by atoms with Gasteiger partial charge in [0.05, 0.1) is 19.5 Å². The molecule has 0 aliphatic heterocycles. The fourth-order valence-electron chi connectivity index (χ4n) is 2.18. The minimum absolute atomic E-state index is 0.0735. The van der Waals surface area contributed by atoms with E-state index in [1.54, 1.807) is 26.0 Å². The van der Waals surface area contributed by atoms with E-state index in [1.165, 1.54) is 25.3 Å². The third kappa shape index (κ3) is 4.41. The predicted octanol–water partition coefficient (Wildman–Crippen LogP) is 3.19. The Balaban J connectivity index is 2.31. The van der Waals surface area contributed by atoms with Gasteiger partial charge in [0.2, 0.25) is 5.88 Å². The summed E-state index contributed by atoms with van der Waals surface area (Å²) in [4.78, 5) is 36.5. The predicted molar refractivity (Wildman–Crippen MR) is 91.7 cm³/mol. The van der Waals surface area contributed by atoms with Crippen LogP contribution in [-0.2, 0) is 14.3 Å². The number of nitrogens with one attached hydrogen (secondary N) is 1. The molecule has 0 fully saturated rings. The average Bonchev–Trinajstić information content (AvgIpc) is 3.21. The number of hydrogen-bond acceptors (Lipinski definition) is 7. The van der Waals surface area contributed by atoms with Crippen molar-refractivity contribution >= 4 is 29.8 Å². The lowest BCUT2D eigenvalue weighted by molar-refractivity contribution is -0.112. The number of carbonyl (C=O) groups is 3. The monoisotopic (exact) mass is 361 g/mol. The largest absolute Gasteiger partial charge is 0.465 e. The van der Waals surface area contributed by atoms with Gasteiger partial charge in [0.1, 0.15) is 22.6 Å². The molecule has 2 aromatic rings. The van der Waals surface area contributed by atoms with E-state index in [-0.39, 0.29) is 36.0 Å². The van der Waals surface area contributed by atoms with Gasteiger partial charge in [-0.2, -0.15) is 0 Å². The third-order valence-electron chi connectivity index (χ3n) is 3.22. The second-order valence-electron chi connectivity index (χ2n) is 5.02. The molecule has 2 heterocycles. The van der Waals surface area contributed by atoms with E-state index >= 15 is 0 Å². The zero-order chi connectivity index (χ0) is 19.1. The Morgan fingerprint density at radius 1 is 1.12 bits per heavy atom. The third-order valence-corrected chi connectivity index (χ3v) is 3.22. The molecule has 26 heavy (non-hydrogen) atoms. The van der Waals surface area contributed by atoms with Crippen molar-refractivity contribution in [3.8, 4) is 0 Å². The van der Waals surface area contributed by atoms with Crippen molar-refractivity contribution in [3.63, 3.8) is 0 Å². The van der Waals surface area contributed by atoms with Gasteiger partial charge in [0.25, 0.3) is 5.91 Å². The maximum Gasteiger partial charge on any atom is 0.344 e. The van der Waals surface area contributed by atoms with Crippen LogP contribution < -0.4 is 5.32 Å². The van der Waals surface area contributed by atoms with E-state index in [9.17, 15) is 14.4 Å². The fraction of sp³-hybridized carbons (Fsp3) is 0.278. The first-order valence-corrected chi connectivity index (χ1v) is 7.98. The Hall–Kier alpha value is -3.29. The van der Waals surface area contributed by atoms with Gasteiger partial charge in [-0.25, -0.2) is 9.59 Å². The summed E-state index contributed by atoms with van der Waals surface area (Å²) in [5, 5.41) is 2.43. The molecule has 0 aliphatic rings. The molecule has 0 saturated carbocycles.